The van der Waals surface area contributed by atoms with Crippen LogP contribution >= 0.6 is 0 Å². The number of hydrogen-bond acceptors (Lipinski definition) is 12. The van der Waals surface area contributed by atoms with Gasteiger partial charge in [-0.3, -0.25) is 9.59 Å². The van der Waals surface area contributed by atoms with Gasteiger partial charge in [0.15, 0.2) is 17.5 Å². The summed E-state index contributed by atoms with van der Waals surface area (Å²) in [7, 11) is 0. The molecule has 13 heteroatoms. The summed E-state index contributed by atoms with van der Waals surface area (Å²) in [6.45, 7) is 1.74. The fourth-order valence-electron chi connectivity index (χ4n) is 14.9. The maximum atomic E-state index is 14.9. The molecule has 7 N–H and O–H groups in total. The van der Waals surface area contributed by atoms with Crippen LogP contribution in [-0.2, 0) is 4.74 Å². The highest BCUT2D eigenvalue weighted by molar-refractivity contribution is 6.34. The standard InChI is InChI=1S/C49H48N3O10/c1-22-15-26-33(30(53)16-22)39(56)35-31-17-25-23(34(35)38(26)55)6-14-51-43(25)52-20-32(54)47-10-4-5-28(47)24-7-13-50-37(24)27-18-48(61-31)41(58)40(57)42(59)49(62-48)36(27)29(47)19-46(44(49)60)12-11-45(21-46)8-2-3-9-45/h6-7,13-18,28,32,40-42,44,54,57-60H,2-5,8-12,19-21H2,1H3,(H,53,56)(H,51,52,55)/q-1/t28-,32-,40+,41+,42-,44+,46-,47-,48+,49-/m0/s1. The highest BCUT2D eigenvalue weighted by Gasteiger charge is 2.75. The Hall–Kier alpha value is -4.89. The molecule has 0 unspecified atom stereocenters. The van der Waals surface area contributed by atoms with Crippen molar-refractivity contribution in [2.75, 3.05) is 11.9 Å². The second-order valence-corrected chi connectivity index (χ2v) is 20.2. The highest BCUT2D eigenvalue weighted by Crippen LogP contribution is 2.73. The first-order valence-electron chi connectivity index (χ1n) is 22.3. The fourth-order valence-corrected chi connectivity index (χ4v) is 14.9. The zero-order valence-electron chi connectivity index (χ0n) is 34.3. The van der Waals surface area contributed by atoms with Gasteiger partial charge in [0.1, 0.15) is 29.5 Å². The Morgan fingerprint density at radius 3 is 2.53 bits per heavy atom. The van der Waals surface area contributed by atoms with Crippen molar-refractivity contribution in [1.82, 2.24) is 9.97 Å². The van der Waals surface area contributed by atoms with Crippen LogP contribution < -0.4 is 15.0 Å². The van der Waals surface area contributed by atoms with Gasteiger partial charge in [0, 0.05) is 40.1 Å². The second-order valence-electron chi connectivity index (χ2n) is 20.2. The second kappa shape index (κ2) is 12.0. The number of phenols is 1. The largest absolute Gasteiger partial charge is 0.663 e. The molecule has 4 aromatic rings. The van der Waals surface area contributed by atoms with E-state index < -0.39 is 64.3 Å². The molecular formula is C49H48N3O10-. The molecule has 14 rings (SSSR count). The fraction of sp³-hybridized carbons (Fsp3) is 0.490. The lowest BCUT2D eigenvalue weighted by molar-refractivity contribution is -0.366. The van der Waals surface area contributed by atoms with E-state index in [-0.39, 0.29) is 51.6 Å². The number of benzene rings is 2. The van der Waals surface area contributed by atoms with Crippen LogP contribution in [0.15, 0.2) is 59.9 Å². The van der Waals surface area contributed by atoms with Crippen molar-refractivity contribution in [3.8, 4) is 11.5 Å². The number of ketones is 2. The zero-order chi connectivity index (χ0) is 42.5. The number of carbonyl (C=O) groups is 2. The molecule has 0 radical (unpaired) electrons. The molecule has 1 saturated heterocycles. The molecule has 3 saturated carbocycles. The minimum Gasteiger partial charge on any atom is -0.663 e. The number of pyridine rings is 1. The smallest absolute Gasteiger partial charge is 0.261 e. The molecule has 2 aromatic carbocycles. The number of fused-ring (bicyclic) bond motifs is 7. The summed E-state index contributed by atoms with van der Waals surface area (Å²) < 4.78 is 14.3. The topological polar surface area (TPSA) is 213 Å². The number of aliphatic hydroxyl groups excluding tert-OH is 5. The van der Waals surface area contributed by atoms with Gasteiger partial charge in [0.25, 0.3) is 5.79 Å². The molecule has 5 spiro atoms. The summed E-state index contributed by atoms with van der Waals surface area (Å²) in [4.78, 5) is 39.4. The van der Waals surface area contributed by atoms with Gasteiger partial charge in [-0.1, -0.05) is 36.5 Å². The molecule has 6 aliphatic carbocycles. The third kappa shape index (κ3) is 4.28. The summed E-state index contributed by atoms with van der Waals surface area (Å²) in [5, 5.41) is 79.7. The van der Waals surface area contributed by atoms with Gasteiger partial charge in [-0.2, -0.15) is 6.20 Å². The quantitative estimate of drug-likeness (QED) is 0.111. The molecule has 6 heterocycles. The number of phenolic OH excluding ortho intramolecular Hbond substituents is 1. The van der Waals surface area contributed by atoms with Crippen molar-refractivity contribution < 1.29 is 49.7 Å². The predicted octanol–water partition coefficient (Wildman–Crippen LogP) is 4.85. The van der Waals surface area contributed by atoms with E-state index in [2.05, 4.69) is 5.32 Å². The molecule has 10 aliphatic rings. The van der Waals surface area contributed by atoms with E-state index in [1.807, 2.05) is 6.07 Å². The predicted molar refractivity (Wildman–Crippen MR) is 223 cm³/mol. The van der Waals surface area contributed by atoms with Crippen molar-refractivity contribution in [3.63, 3.8) is 0 Å². The summed E-state index contributed by atoms with van der Waals surface area (Å²) in [6, 6.07) is 8.11. The number of aromatic hydroxyl groups is 1. The number of hydrogen-bond donors (Lipinski definition) is 7. The van der Waals surface area contributed by atoms with E-state index in [0.717, 1.165) is 56.1 Å². The van der Waals surface area contributed by atoms with Crippen molar-refractivity contribution in [1.29, 1.82) is 0 Å². The lowest BCUT2D eigenvalue weighted by Gasteiger charge is -2.64. The molecular weight excluding hydrogens is 791 g/mol. The first kappa shape index (κ1) is 37.6. The molecule has 8 bridgehead atoms. The Morgan fingerprint density at radius 1 is 0.887 bits per heavy atom. The molecule has 0 amide bonds. The van der Waals surface area contributed by atoms with Crippen LogP contribution in [-0.4, -0.2) is 95.6 Å². The monoisotopic (exact) mass is 838 g/mol. The summed E-state index contributed by atoms with van der Waals surface area (Å²) in [6.07, 6.45) is 5.49. The maximum absolute atomic E-state index is 14.9. The van der Waals surface area contributed by atoms with Crippen LogP contribution in [0.5, 0.6) is 11.5 Å². The van der Waals surface area contributed by atoms with Crippen LogP contribution in [0.3, 0.4) is 0 Å². The van der Waals surface area contributed by atoms with Gasteiger partial charge in [-0.05, 0) is 122 Å². The number of nitrogens with zero attached hydrogens (tertiary/aromatic N) is 2. The summed E-state index contributed by atoms with van der Waals surface area (Å²) in [5.74, 6) is -4.15. The molecule has 62 heavy (non-hydrogen) atoms. The third-order valence-electron chi connectivity index (χ3n) is 17.4. The van der Waals surface area contributed by atoms with Crippen LogP contribution in [0.4, 0.5) is 5.82 Å². The normalized spacial score (nSPS) is 38.1. The van der Waals surface area contributed by atoms with Crippen molar-refractivity contribution in [2.24, 2.45) is 16.2 Å². The van der Waals surface area contributed by atoms with Crippen LogP contribution in [0, 0.1) is 23.2 Å². The van der Waals surface area contributed by atoms with E-state index >= 15 is 0 Å². The molecule has 13 nitrogen and oxygen atoms in total. The molecule has 320 valence electrons. The summed E-state index contributed by atoms with van der Waals surface area (Å²) >= 11 is 0. The Bertz CT molecular complexity index is 2800. The highest BCUT2D eigenvalue weighted by atomic mass is 16.7. The molecule has 4 fully saturated rings. The van der Waals surface area contributed by atoms with Crippen molar-refractivity contribution >= 4 is 33.7 Å². The maximum Gasteiger partial charge on any atom is 0.261 e. The minimum atomic E-state index is -2.40. The lowest BCUT2D eigenvalue weighted by atomic mass is 9.51. The van der Waals surface area contributed by atoms with Crippen molar-refractivity contribution in [3.05, 3.63) is 99.0 Å². The van der Waals surface area contributed by atoms with Crippen LogP contribution in [0.25, 0.3) is 16.3 Å². The Balaban J connectivity index is 1.15. The number of aryl methyl sites for hydroxylation is 1. The summed E-state index contributed by atoms with van der Waals surface area (Å²) in [5.41, 5.74) is -0.514. The van der Waals surface area contributed by atoms with E-state index in [9.17, 15) is 40.2 Å². The third-order valence-corrected chi connectivity index (χ3v) is 17.4. The number of ether oxygens (including phenoxy) is 2. The van der Waals surface area contributed by atoms with Gasteiger partial charge in [0.2, 0.25) is 5.78 Å². The van der Waals surface area contributed by atoms with Gasteiger partial charge >= 0.3 is 0 Å². The van der Waals surface area contributed by atoms with Crippen LogP contribution in [0.1, 0.15) is 125 Å². The average molecular weight is 839 g/mol. The minimum absolute atomic E-state index is 0.0147. The van der Waals surface area contributed by atoms with E-state index in [1.54, 1.807) is 31.3 Å². The number of carbonyl (C=O) groups excluding carboxylic acids is 2. The van der Waals surface area contributed by atoms with E-state index in [0.29, 0.717) is 64.7 Å². The Kier molecular flexibility index (Phi) is 7.29. The Labute approximate surface area is 356 Å². The Morgan fingerprint density at radius 2 is 1.71 bits per heavy atom. The number of anilines is 1. The van der Waals surface area contributed by atoms with Crippen molar-refractivity contribution in [2.45, 2.75) is 125 Å². The lowest BCUT2D eigenvalue weighted by Crippen LogP contribution is -2.78. The van der Waals surface area contributed by atoms with Gasteiger partial charge in [-0.25, -0.2) is 4.98 Å². The molecule has 10 atom stereocenters. The van der Waals surface area contributed by atoms with Gasteiger partial charge in [0.05, 0.1) is 23.3 Å². The molecule has 2 aromatic heterocycles. The number of rotatable bonds is 0. The van der Waals surface area contributed by atoms with Crippen LogP contribution in [0.2, 0.25) is 0 Å². The number of aliphatic hydroxyl groups is 5. The SMILES string of the molecule is Cc1cc(O)c2c(c1)C(=O)c1c(c3cc4c(nccc14)NC[C@H](O)[C@@]14CCC[C@H]1c1cc[n-]c1C1=C[C@@]5(O3)O[C@@]3(C1=C4C[C@]1(CCC4(CCCC4)C1)[C@H]3O)[C@@H](O)[C@H](O)[C@H]5O)C2=O. The average Bonchev–Trinajstić information content (AvgIpc) is 4.08. The molecule has 4 aliphatic heterocycles. The first-order chi connectivity index (χ1) is 29.8. The van der Waals surface area contributed by atoms with E-state index in [4.69, 9.17) is 19.4 Å². The van der Waals surface area contributed by atoms with Gasteiger partial charge < -0.3 is 50.4 Å². The van der Waals surface area contributed by atoms with Gasteiger partial charge in [-0.15, -0.1) is 5.69 Å². The number of nitrogens with one attached hydrogen (secondary N) is 1. The van der Waals surface area contributed by atoms with E-state index in [1.165, 1.54) is 18.3 Å². The zero-order valence-corrected chi connectivity index (χ0v) is 34.3. The first-order valence-corrected chi connectivity index (χ1v) is 22.3. The number of aromatic nitrogens is 2.